The van der Waals surface area contributed by atoms with E-state index in [1.807, 2.05) is 30.3 Å². The van der Waals surface area contributed by atoms with Crippen LogP contribution in [0.1, 0.15) is 32.4 Å². The molecule has 0 spiro atoms. The Kier molecular flexibility index (Phi) is 4.44. The number of ether oxygens (including phenoxy) is 3. The van der Waals surface area contributed by atoms with Crippen molar-refractivity contribution < 1.29 is 23.8 Å². The highest BCUT2D eigenvalue weighted by molar-refractivity contribution is 6.11. The molecule has 1 atom stereocenters. The van der Waals surface area contributed by atoms with Gasteiger partial charge in [0.15, 0.2) is 17.6 Å². The predicted molar refractivity (Wildman–Crippen MR) is 110 cm³/mol. The second-order valence-corrected chi connectivity index (χ2v) is 6.88. The van der Waals surface area contributed by atoms with Crippen LogP contribution in [-0.2, 0) is 4.74 Å². The maximum atomic E-state index is 13.4. The molecule has 1 aliphatic heterocycles. The van der Waals surface area contributed by atoms with Gasteiger partial charge in [-0.2, -0.15) is 0 Å². The highest BCUT2D eigenvalue weighted by atomic mass is 16.7. The number of nitrogens with one attached hydrogen (secondary N) is 1. The van der Waals surface area contributed by atoms with Gasteiger partial charge in [0, 0.05) is 28.2 Å². The topological polar surface area (TPSA) is 77.6 Å². The first kappa shape index (κ1) is 18.0. The van der Waals surface area contributed by atoms with Crippen molar-refractivity contribution in [2.24, 2.45) is 0 Å². The zero-order valence-corrected chi connectivity index (χ0v) is 15.8. The summed E-state index contributed by atoms with van der Waals surface area (Å²) in [5.74, 6) is 0.132. The van der Waals surface area contributed by atoms with Crippen molar-refractivity contribution in [1.29, 1.82) is 0 Å². The number of carbonyl (C=O) groups excluding carboxylic acids is 2. The lowest BCUT2D eigenvalue weighted by Gasteiger charge is -2.17. The van der Waals surface area contributed by atoms with Crippen LogP contribution in [0.3, 0.4) is 0 Å². The summed E-state index contributed by atoms with van der Waals surface area (Å²) in [6, 6.07) is 21.3. The maximum Gasteiger partial charge on any atom is 0.339 e. The summed E-state index contributed by atoms with van der Waals surface area (Å²) in [7, 11) is 0. The summed E-state index contributed by atoms with van der Waals surface area (Å²) in [6.45, 7) is 0.111. The van der Waals surface area contributed by atoms with E-state index in [1.54, 1.807) is 48.7 Å². The molecule has 1 N–H and O–H groups in total. The number of para-hydroxylation sites is 1. The van der Waals surface area contributed by atoms with Gasteiger partial charge in [-0.05, 0) is 24.3 Å². The summed E-state index contributed by atoms with van der Waals surface area (Å²) in [4.78, 5) is 29.4. The molecule has 1 aromatic heterocycles. The molecule has 6 nitrogen and oxygen atoms in total. The molecule has 148 valence electrons. The van der Waals surface area contributed by atoms with Crippen molar-refractivity contribution in [2.75, 3.05) is 6.79 Å². The molecule has 0 saturated carbocycles. The average Bonchev–Trinajstić information content (AvgIpc) is 3.44. The number of aromatic amines is 1. The molecule has 0 unspecified atom stereocenters. The number of H-pyrrole nitrogens is 1. The second kappa shape index (κ2) is 7.40. The SMILES string of the molecule is O=C(O[C@@H](C(=O)c1c[nH]c2ccccc12)c1ccccc1)c1ccc2c(c1)OCO2. The van der Waals surface area contributed by atoms with Crippen LogP contribution >= 0.6 is 0 Å². The third kappa shape index (κ3) is 3.18. The van der Waals surface area contributed by atoms with Crippen LogP contribution in [0, 0.1) is 0 Å². The Labute approximate surface area is 172 Å². The third-order valence-corrected chi connectivity index (χ3v) is 5.03. The molecule has 5 rings (SSSR count). The third-order valence-electron chi connectivity index (χ3n) is 5.03. The minimum atomic E-state index is -1.08. The summed E-state index contributed by atoms with van der Waals surface area (Å²) in [5, 5.41) is 0.780. The Morgan fingerprint density at radius 2 is 1.67 bits per heavy atom. The number of fused-ring (bicyclic) bond motifs is 2. The summed E-state index contributed by atoms with van der Waals surface area (Å²) in [6.07, 6.45) is 0.570. The Balaban J connectivity index is 1.49. The van der Waals surface area contributed by atoms with Gasteiger partial charge in [-0.3, -0.25) is 4.79 Å². The quantitative estimate of drug-likeness (QED) is 0.390. The maximum absolute atomic E-state index is 13.4. The fraction of sp³-hybridized carbons (Fsp3) is 0.0833. The van der Waals surface area contributed by atoms with Gasteiger partial charge in [-0.25, -0.2) is 4.79 Å². The van der Waals surface area contributed by atoms with Crippen molar-refractivity contribution in [3.05, 3.63) is 95.7 Å². The van der Waals surface area contributed by atoms with Crippen LogP contribution < -0.4 is 9.47 Å². The smallest absolute Gasteiger partial charge is 0.339 e. The number of aromatic nitrogens is 1. The van der Waals surface area contributed by atoms with Crippen molar-refractivity contribution in [1.82, 2.24) is 4.98 Å². The number of ketones is 1. The van der Waals surface area contributed by atoms with E-state index in [2.05, 4.69) is 4.98 Å². The molecule has 30 heavy (non-hydrogen) atoms. The van der Waals surface area contributed by atoms with Crippen LogP contribution in [0.15, 0.2) is 79.0 Å². The van der Waals surface area contributed by atoms with Crippen LogP contribution in [0.25, 0.3) is 10.9 Å². The Hall–Kier alpha value is -4.06. The van der Waals surface area contributed by atoms with Gasteiger partial charge in [0.25, 0.3) is 0 Å². The van der Waals surface area contributed by atoms with Gasteiger partial charge in [0.1, 0.15) is 0 Å². The molecular formula is C24H17NO5. The highest BCUT2D eigenvalue weighted by Gasteiger charge is 2.29. The van der Waals surface area contributed by atoms with Crippen LogP contribution in [0.5, 0.6) is 11.5 Å². The van der Waals surface area contributed by atoms with Gasteiger partial charge < -0.3 is 19.2 Å². The number of hydrogen-bond acceptors (Lipinski definition) is 5. The number of benzene rings is 3. The van der Waals surface area contributed by atoms with E-state index in [9.17, 15) is 9.59 Å². The van der Waals surface area contributed by atoms with Gasteiger partial charge in [-0.15, -0.1) is 0 Å². The molecule has 0 bridgehead atoms. The number of hydrogen-bond donors (Lipinski definition) is 1. The monoisotopic (exact) mass is 399 g/mol. The van der Waals surface area contributed by atoms with Crippen LogP contribution in [0.4, 0.5) is 0 Å². The lowest BCUT2D eigenvalue weighted by atomic mass is 9.99. The zero-order valence-electron chi connectivity index (χ0n) is 15.8. The molecule has 0 amide bonds. The number of carbonyl (C=O) groups is 2. The predicted octanol–water partition coefficient (Wildman–Crippen LogP) is 4.68. The molecular weight excluding hydrogens is 382 g/mol. The van der Waals surface area contributed by atoms with E-state index >= 15 is 0 Å². The Morgan fingerprint density at radius 3 is 2.53 bits per heavy atom. The fourth-order valence-corrected chi connectivity index (χ4v) is 3.52. The van der Waals surface area contributed by atoms with Crippen molar-refractivity contribution in [3.63, 3.8) is 0 Å². The molecule has 6 heteroatoms. The summed E-state index contributed by atoms with van der Waals surface area (Å²) in [5.41, 5.74) is 2.20. The standard InChI is InChI=1S/C24H17NO5/c26-22(18-13-25-19-9-5-4-8-17(18)19)23(15-6-2-1-3-7-15)30-24(27)16-10-11-20-21(12-16)29-14-28-20/h1-13,23,25H,14H2/t23-/m1/s1. The minimum Gasteiger partial charge on any atom is -0.454 e. The van der Waals surface area contributed by atoms with Crippen molar-refractivity contribution in [2.45, 2.75) is 6.10 Å². The first-order valence-corrected chi connectivity index (χ1v) is 9.46. The largest absolute Gasteiger partial charge is 0.454 e. The number of Topliss-reactive ketones (excluding diaryl/α,β-unsaturated/α-hetero) is 1. The second-order valence-electron chi connectivity index (χ2n) is 6.88. The van der Waals surface area contributed by atoms with Gasteiger partial charge in [0.05, 0.1) is 5.56 Å². The molecule has 4 aromatic rings. The van der Waals surface area contributed by atoms with E-state index in [0.29, 0.717) is 22.6 Å². The molecule has 0 radical (unpaired) electrons. The van der Waals surface area contributed by atoms with Crippen molar-refractivity contribution >= 4 is 22.7 Å². The Bertz CT molecular complexity index is 1240. The normalized spacial score (nSPS) is 13.2. The molecule has 0 aliphatic carbocycles. The lowest BCUT2D eigenvalue weighted by Crippen LogP contribution is -2.20. The summed E-state index contributed by atoms with van der Waals surface area (Å²) < 4.78 is 16.3. The minimum absolute atomic E-state index is 0.111. The summed E-state index contributed by atoms with van der Waals surface area (Å²) >= 11 is 0. The van der Waals surface area contributed by atoms with Crippen LogP contribution in [0.2, 0.25) is 0 Å². The van der Waals surface area contributed by atoms with Gasteiger partial charge in [-0.1, -0.05) is 48.5 Å². The molecule has 2 heterocycles. The van der Waals surface area contributed by atoms with E-state index < -0.39 is 12.1 Å². The van der Waals surface area contributed by atoms with Gasteiger partial charge >= 0.3 is 5.97 Å². The highest BCUT2D eigenvalue weighted by Crippen LogP contribution is 2.34. The van der Waals surface area contributed by atoms with Crippen LogP contribution in [-0.4, -0.2) is 23.5 Å². The van der Waals surface area contributed by atoms with E-state index in [0.717, 1.165) is 10.9 Å². The van der Waals surface area contributed by atoms with E-state index in [1.165, 1.54) is 0 Å². The van der Waals surface area contributed by atoms with E-state index in [-0.39, 0.29) is 18.1 Å². The Morgan fingerprint density at radius 1 is 0.900 bits per heavy atom. The molecule has 0 saturated heterocycles. The fourth-order valence-electron chi connectivity index (χ4n) is 3.52. The zero-order chi connectivity index (χ0) is 20.5. The number of esters is 1. The lowest BCUT2D eigenvalue weighted by molar-refractivity contribution is 0.0280. The first-order valence-electron chi connectivity index (χ1n) is 9.46. The molecule has 0 fully saturated rings. The molecule has 3 aromatic carbocycles. The molecule has 1 aliphatic rings. The number of rotatable bonds is 5. The van der Waals surface area contributed by atoms with E-state index in [4.69, 9.17) is 14.2 Å². The average molecular weight is 399 g/mol. The first-order chi connectivity index (χ1) is 14.7. The van der Waals surface area contributed by atoms with Crippen molar-refractivity contribution in [3.8, 4) is 11.5 Å². The van der Waals surface area contributed by atoms with Gasteiger partial charge in [0.2, 0.25) is 12.6 Å².